The third-order valence-corrected chi connectivity index (χ3v) is 6.26. The Morgan fingerprint density at radius 3 is 2.66 bits per heavy atom. The molecule has 0 spiro atoms. The van der Waals surface area contributed by atoms with E-state index in [-0.39, 0.29) is 16.5 Å². The maximum absolute atomic E-state index is 14.5. The molecule has 1 aliphatic rings. The first-order valence-electron chi connectivity index (χ1n) is 9.28. The summed E-state index contributed by atoms with van der Waals surface area (Å²) in [5.74, 6) is -1.55. The minimum atomic E-state index is -0.932. The highest BCUT2D eigenvalue weighted by molar-refractivity contribution is 8.15. The summed E-state index contributed by atoms with van der Waals surface area (Å²) in [6.45, 7) is 2.04. The summed E-state index contributed by atoms with van der Waals surface area (Å²) in [5.41, 5.74) is 6.60. The number of ether oxygens (including phenoxy) is 1. The van der Waals surface area contributed by atoms with E-state index in [0.29, 0.717) is 19.4 Å². The van der Waals surface area contributed by atoms with Gasteiger partial charge in [-0.15, -0.1) is 0 Å². The molecule has 0 fully saturated rings. The van der Waals surface area contributed by atoms with Crippen molar-refractivity contribution in [2.45, 2.75) is 30.7 Å². The van der Waals surface area contributed by atoms with Gasteiger partial charge in [-0.1, -0.05) is 42.1 Å². The maximum atomic E-state index is 14.5. The number of benzene rings is 2. The number of rotatable bonds is 7. The summed E-state index contributed by atoms with van der Waals surface area (Å²) in [5, 5.41) is 6.03. The Balaban J connectivity index is 2.15. The van der Waals surface area contributed by atoms with Gasteiger partial charge in [-0.3, -0.25) is 4.79 Å². The van der Waals surface area contributed by atoms with Gasteiger partial charge < -0.3 is 10.5 Å². The molecule has 5 nitrogen and oxygen atoms in total. The van der Waals surface area contributed by atoms with Crippen molar-refractivity contribution >= 4 is 22.7 Å². The summed E-state index contributed by atoms with van der Waals surface area (Å²) in [6, 6.07) is 12.6. The van der Waals surface area contributed by atoms with E-state index in [0.717, 1.165) is 23.8 Å². The highest BCUT2D eigenvalue weighted by atomic mass is 32.2. The Kier molecular flexibility index (Phi) is 6.66. The van der Waals surface area contributed by atoms with E-state index in [1.54, 1.807) is 6.92 Å². The third kappa shape index (κ3) is 4.19. The summed E-state index contributed by atoms with van der Waals surface area (Å²) >= 11 is 1.23. The normalized spacial score (nSPS) is 19.9. The lowest BCUT2D eigenvalue weighted by atomic mass is 10.00. The van der Waals surface area contributed by atoms with Gasteiger partial charge in [0, 0.05) is 12.7 Å². The number of hydrogen-bond acceptors (Lipinski definition) is 5. The predicted octanol–water partition coefficient (Wildman–Crippen LogP) is 3.83. The molecule has 154 valence electrons. The fraction of sp³-hybridized carbons (Fsp3) is 0.333. The van der Waals surface area contributed by atoms with Crippen LogP contribution >= 0.6 is 11.8 Å². The van der Waals surface area contributed by atoms with Crippen LogP contribution in [0.5, 0.6) is 0 Å². The highest BCUT2D eigenvalue weighted by Gasteiger charge is 2.49. The second-order valence-corrected chi connectivity index (χ2v) is 7.97. The van der Waals surface area contributed by atoms with E-state index in [1.807, 2.05) is 30.3 Å². The van der Waals surface area contributed by atoms with E-state index in [2.05, 4.69) is 5.10 Å². The molecule has 1 aliphatic heterocycles. The van der Waals surface area contributed by atoms with Gasteiger partial charge in [0.05, 0.1) is 0 Å². The zero-order valence-electron chi connectivity index (χ0n) is 16.3. The number of nitrogens with two attached hydrogens (primary N) is 1. The molecule has 29 heavy (non-hydrogen) atoms. The van der Waals surface area contributed by atoms with Crippen LogP contribution in [0.15, 0.2) is 53.6 Å². The Hall–Kier alpha value is -2.29. The fourth-order valence-electron chi connectivity index (χ4n) is 3.19. The molecule has 2 N–H and O–H groups in total. The number of hydrazone groups is 1. The smallest absolute Gasteiger partial charge is 0.273 e. The van der Waals surface area contributed by atoms with E-state index in [1.165, 1.54) is 23.9 Å². The van der Waals surface area contributed by atoms with Gasteiger partial charge in [0.15, 0.2) is 0 Å². The zero-order chi connectivity index (χ0) is 21.0. The van der Waals surface area contributed by atoms with Crippen molar-refractivity contribution in [1.82, 2.24) is 5.01 Å². The summed E-state index contributed by atoms with van der Waals surface area (Å²) < 4.78 is 33.5. The van der Waals surface area contributed by atoms with Crippen molar-refractivity contribution in [2.75, 3.05) is 13.7 Å². The molecular formula is C21H23F2N3O2S. The molecule has 0 aliphatic carbocycles. The lowest BCUT2D eigenvalue weighted by Crippen LogP contribution is -2.46. The van der Waals surface area contributed by atoms with Gasteiger partial charge in [0.2, 0.25) is 0 Å². The molecule has 2 aromatic carbocycles. The third-order valence-electron chi connectivity index (χ3n) is 4.81. The van der Waals surface area contributed by atoms with Crippen molar-refractivity contribution in [3.8, 4) is 0 Å². The molecule has 0 aromatic heterocycles. The average molecular weight is 419 g/mol. The molecule has 1 amide bonds. The minimum absolute atomic E-state index is 0.0171. The molecule has 2 aromatic rings. The maximum Gasteiger partial charge on any atom is 0.273 e. The largest absolute Gasteiger partial charge is 0.372 e. The van der Waals surface area contributed by atoms with Gasteiger partial charge in [0.1, 0.15) is 27.7 Å². The standard InChI is InChI=1S/C21H23F2N3O2S/c1-14(28-2)20(27)26-21(11-6-12-24,15-7-4-3-5-8-15)29-19(25-26)17-13-16(22)9-10-18(17)23/h3-5,7-10,13-14H,6,11-12,24H2,1-2H3/t14?,21-/m1/s1. The van der Waals surface area contributed by atoms with Crippen LogP contribution in [-0.4, -0.2) is 35.7 Å². The molecular weight excluding hydrogens is 396 g/mol. The lowest BCUT2D eigenvalue weighted by Gasteiger charge is -2.36. The van der Waals surface area contributed by atoms with Crippen LogP contribution in [0, 0.1) is 11.6 Å². The number of methoxy groups -OCH3 is 1. The molecule has 1 heterocycles. The van der Waals surface area contributed by atoms with Crippen molar-refractivity contribution < 1.29 is 18.3 Å². The van der Waals surface area contributed by atoms with Crippen molar-refractivity contribution in [3.63, 3.8) is 0 Å². The van der Waals surface area contributed by atoms with Crippen LogP contribution in [0.1, 0.15) is 30.9 Å². The molecule has 2 atom stereocenters. The first-order valence-corrected chi connectivity index (χ1v) is 10.1. The Morgan fingerprint density at radius 1 is 1.28 bits per heavy atom. The highest BCUT2D eigenvalue weighted by Crippen LogP contribution is 2.50. The van der Waals surface area contributed by atoms with Crippen LogP contribution < -0.4 is 5.73 Å². The van der Waals surface area contributed by atoms with Crippen molar-refractivity contribution in [2.24, 2.45) is 10.8 Å². The first-order chi connectivity index (χ1) is 13.9. The number of nitrogens with zero attached hydrogens (tertiary/aromatic N) is 2. The lowest BCUT2D eigenvalue weighted by molar-refractivity contribution is -0.144. The fourth-order valence-corrected chi connectivity index (χ4v) is 4.61. The number of amides is 1. The number of carbonyl (C=O) groups is 1. The molecule has 3 rings (SSSR count). The van der Waals surface area contributed by atoms with Crippen LogP contribution in [0.3, 0.4) is 0 Å². The van der Waals surface area contributed by atoms with Crippen LogP contribution in [-0.2, 0) is 14.4 Å². The SMILES string of the molecule is COC(C)C(=O)N1N=C(c2cc(F)ccc2F)S[C@]1(CCCN)c1ccccc1. The topological polar surface area (TPSA) is 67.9 Å². The quantitative estimate of drug-likeness (QED) is 0.741. The van der Waals surface area contributed by atoms with Crippen LogP contribution in [0.2, 0.25) is 0 Å². The van der Waals surface area contributed by atoms with Gasteiger partial charge in [-0.25, -0.2) is 13.8 Å². The van der Waals surface area contributed by atoms with Crippen LogP contribution in [0.25, 0.3) is 0 Å². The number of hydrogen-bond donors (Lipinski definition) is 1. The number of thioether (sulfide) groups is 1. The van der Waals surface area contributed by atoms with E-state index < -0.39 is 22.6 Å². The molecule has 8 heteroatoms. The molecule has 0 saturated carbocycles. The molecule has 1 unspecified atom stereocenters. The monoisotopic (exact) mass is 419 g/mol. The van der Waals surface area contributed by atoms with Crippen LogP contribution in [0.4, 0.5) is 8.78 Å². The van der Waals surface area contributed by atoms with Gasteiger partial charge in [-0.05, 0) is 50.1 Å². The Morgan fingerprint density at radius 2 is 2.00 bits per heavy atom. The van der Waals surface area contributed by atoms with Crippen molar-refractivity contribution in [3.05, 3.63) is 71.3 Å². The molecule has 0 radical (unpaired) electrons. The van der Waals surface area contributed by atoms with Gasteiger partial charge >= 0.3 is 0 Å². The van der Waals surface area contributed by atoms with Gasteiger partial charge in [-0.2, -0.15) is 5.10 Å². The summed E-state index contributed by atoms with van der Waals surface area (Å²) in [6.07, 6.45) is 0.350. The average Bonchev–Trinajstić information content (AvgIpc) is 3.14. The molecule has 0 bridgehead atoms. The first kappa shape index (κ1) is 21.4. The number of halogens is 2. The minimum Gasteiger partial charge on any atom is -0.372 e. The second kappa shape index (κ2) is 9.02. The summed E-state index contributed by atoms with van der Waals surface area (Å²) in [4.78, 5) is 12.2. The second-order valence-electron chi connectivity index (χ2n) is 6.70. The van der Waals surface area contributed by atoms with E-state index in [4.69, 9.17) is 10.5 Å². The van der Waals surface area contributed by atoms with E-state index in [9.17, 15) is 13.6 Å². The van der Waals surface area contributed by atoms with Crippen molar-refractivity contribution in [1.29, 1.82) is 0 Å². The summed E-state index contributed by atoms with van der Waals surface area (Å²) in [7, 11) is 1.44. The Bertz CT molecular complexity index is 910. The van der Waals surface area contributed by atoms with Gasteiger partial charge in [0.25, 0.3) is 5.91 Å². The van der Waals surface area contributed by atoms with E-state index >= 15 is 0 Å². The predicted molar refractivity (Wildman–Crippen MR) is 110 cm³/mol. The zero-order valence-corrected chi connectivity index (χ0v) is 17.1. The molecule has 0 saturated heterocycles. The number of carbonyl (C=O) groups excluding carboxylic acids is 1. The Labute approximate surface area is 172 Å².